The van der Waals surface area contributed by atoms with E-state index < -0.39 is 0 Å². The minimum absolute atomic E-state index is 0.752. The van der Waals surface area contributed by atoms with Crippen molar-refractivity contribution < 1.29 is 0 Å². The Bertz CT molecular complexity index is 417. The van der Waals surface area contributed by atoms with Crippen LogP contribution in [-0.2, 0) is 0 Å². The average Bonchev–Trinajstić information content (AvgIpc) is 2.44. The summed E-state index contributed by atoms with van der Waals surface area (Å²) in [6.07, 6.45) is 5.28. The molecule has 110 valence electrons. The van der Waals surface area contributed by atoms with Crippen LogP contribution in [0.25, 0.3) is 0 Å². The van der Waals surface area contributed by atoms with Gasteiger partial charge in [0.05, 0.1) is 0 Å². The van der Waals surface area contributed by atoms with E-state index >= 15 is 0 Å². The number of halogens is 1. The molecule has 1 aromatic carbocycles. The summed E-state index contributed by atoms with van der Waals surface area (Å²) in [7, 11) is 0. The summed E-state index contributed by atoms with van der Waals surface area (Å²) in [5.41, 5.74) is 1.51. The van der Waals surface area contributed by atoms with Gasteiger partial charge in [-0.25, -0.2) is 0 Å². The van der Waals surface area contributed by atoms with Crippen LogP contribution in [0.15, 0.2) is 28.7 Å². The Morgan fingerprint density at radius 1 is 1.10 bits per heavy atom. The molecule has 0 atom stereocenters. The zero-order chi connectivity index (χ0) is 13.9. The summed E-state index contributed by atoms with van der Waals surface area (Å²) in [5.74, 6) is 0.774. The molecular weight excluding hydrogens is 312 g/mol. The Kier molecular flexibility index (Phi) is 4.79. The number of nitrogens with zero attached hydrogens (tertiary/aromatic N) is 1. The molecule has 20 heavy (non-hydrogen) atoms. The van der Waals surface area contributed by atoms with E-state index in [0.717, 1.165) is 18.0 Å². The fraction of sp³-hybridized carbons (Fsp3) is 0.647. The Labute approximate surface area is 131 Å². The summed E-state index contributed by atoms with van der Waals surface area (Å²) in [6.45, 7) is 6.03. The lowest BCUT2D eigenvalue weighted by atomic mass is 9.75. The number of rotatable bonds is 4. The predicted octanol–water partition coefficient (Wildman–Crippen LogP) is 3.77. The minimum Gasteiger partial charge on any atom is -0.311 e. The first-order valence-electron chi connectivity index (χ1n) is 7.98. The van der Waals surface area contributed by atoms with Gasteiger partial charge in [-0.05, 0) is 68.9 Å². The van der Waals surface area contributed by atoms with Crippen molar-refractivity contribution in [3.05, 3.63) is 34.3 Å². The molecule has 3 heteroatoms. The van der Waals surface area contributed by atoms with Crippen molar-refractivity contribution in [1.29, 1.82) is 0 Å². The quantitative estimate of drug-likeness (QED) is 0.900. The van der Waals surface area contributed by atoms with Crippen LogP contribution in [0.4, 0.5) is 0 Å². The molecule has 1 N–H and O–H groups in total. The van der Waals surface area contributed by atoms with Gasteiger partial charge >= 0.3 is 0 Å². The molecule has 1 aliphatic heterocycles. The third kappa shape index (κ3) is 3.44. The van der Waals surface area contributed by atoms with E-state index in [1.807, 2.05) is 0 Å². The number of nitrogens with one attached hydrogen (secondary N) is 1. The van der Waals surface area contributed by atoms with E-state index in [4.69, 9.17) is 0 Å². The van der Waals surface area contributed by atoms with Crippen molar-refractivity contribution >= 4 is 15.9 Å². The Morgan fingerprint density at radius 2 is 1.75 bits per heavy atom. The number of likely N-dealkylation sites (tertiary alicyclic amines) is 1. The third-order valence-corrected chi connectivity index (χ3v) is 5.51. The van der Waals surface area contributed by atoms with Crippen LogP contribution in [0.1, 0.15) is 44.1 Å². The highest BCUT2D eigenvalue weighted by Gasteiger charge is 2.32. The lowest BCUT2D eigenvalue weighted by Gasteiger charge is -2.41. The highest BCUT2D eigenvalue weighted by atomic mass is 79.9. The average molecular weight is 337 g/mol. The molecule has 0 spiro atoms. The van der Waals surface area contributed by atoms with Crippen molar-refractivity contribution in [2.24, 2.45) is 0 Å². The van der Waals surface area contributed by atoms with Gasteiger partial charge in [-0.3, -0.25) is 0 Å². The number of piperidine rings is 1. The maximum absolute atomic E-state index is 3.88. The second-order valence-electron chi connectivity index (χ2n) is 6.29. The first-order chi connectivity index (χ1) is 9.74. The maximum atomic E-state index is 3.88. The summed E-state index contributed by atoms with van der Waals surface area (Å²) in [6, 6.07) is 10.4. The van der Waals surface area contributed by atoms with Gasteiger partial charge in [-0.2, -0.15) is 0 Å². The standard InChI is InChI=1S/C17H25BrN2/c1-2-20-9-7-16(8-10-20)19-17-11-14(12-17)13-3-5-15(18)6-4-13/h3-6,14,16-17,19H,2,7-12H2,1H3. The van der Waals surface area contributed by atoms with Crippen LogP contribution in [0.3, 0.4) is 0 Å². The molecule has 0 aromatic heterocycles. The number of hydrogen-bond donors (Lipinski definition) is 1. The van der Waals surface area contributed by atoms with Gasteiger partial charge in [0.25, 0.3) is 0 Å². The van der Waals surface area contributed by atoms with E-state index in [1.54, 1.807) is 0 Å². The second-order valence-corrected chi connectivity index (χ2v) is 7.21. The summed E-state index contributed by atoms with van der Waals surface area (Å²) in [4.78, 5) is 2.56. The normalized spacial score (nSPS) is 28.3. The van der Waals surface area contributed by atoms with Gasteiger partial charge in [-0.1, -0.05) is 35.0 Å². The lowest BCUT2D eigenvalue weighted by molar-refractivity contribution is 0.176. The molecule has 2 fully saturated rings. The summed E-state index contributed by atoms with van der Waals surface area (Å²) < 4.78 is 1.18. The highest BCUT2D eigenvalue weighted by molar-refractivity contribution is 9.10. The van der Waals surface area contributed by atoms with E-state index in [9.17, 15) is 0 Å². The molecule has 2 aliphatic rings. The van der Waals surface area contributed by atoms with E-state index in [2.05, 4.69) is 57.3 Å². The van der Waals surface area contributed by atoms with Gasteiger partial charge in [-0.15, -0.1) is 0 Å². The van der Waals surface area contributed by atoms with Gasteiger partial charge in [0, 0.05) is 16.6 Å². The van der Waals surface area contributed by atoms with Crippen molar-refractivity contribution in [1.82, 2.24) is 10.2 Å². The zero-order valence-electron chi connectivity index (χ0n) is 12.3. The van der Waals surface area contributed by atoms with Gasteiger partial charge in [0.2, 0.25) is 0 Å². The molecule has 3 rings (SSSR count). The monoisotopic (exact) mass is 336 g/mol. The molecule has 1 aromatic rings. The van der Waals surface area contributed by atoms with Crippen LogP contribution >= 0.6 is 15.9 Å². The fourth-order valence-corrected chi connectivity index (χ4v) is 3.77. The topological polar surface area (TPSA) is 15.3 Å². The van der Waals surface area contributed by atoms with E-state index in [1.165, 1.54) is 55.4 Å². The second kappa shape index (κ2) is 6.59. The number of hydrogen-bond acceptors (Lipinski definition) is 2. The molecule has 2 nitrogen and oxygen atoms in total. The summed E-state index contributed by atoms with van der Waals surface area (Å²) >= 11 is 3.51. The highest BCUT2D eigenvalue weighted by Crippen LogP contribution is 2.37. The molecule has 0 radical (unpaired) electrons. The molecular formula is C17H25BrN2. The summed E-state index contributed by atoms with van der Waals surface area (Å²) in [5, 5.41) is 3.88. The largest absolute Gasteiger partial charge is 0.311 e. The number of benzene rings is 1. The van der Waals surface area contributed by atoms with Crippen LogP contribution in [0, 0.1) is 0 Å². The molecule has 1 heterocycles. The SMILES string of the molecule is CCN1CCC(NC2CC(c3ccc(Br)cc3)C2)CC1. The Hall–Kier alpha value is -0.380. The van der Waals surface area contributed by atoms with Gasteiger partial charge in [0.1, 0.15) is 0 Å². The Morgan fingerprint density at radius 3 is 2.35 bits per heavy atom. The van der Waals surface area contributed by atoms with E-state index in [-0.39, 0.29) is 0 Å². The van der Waals surface area contributed by atoms with Crippen LogP contribution in [0.2, 0.25) is 0 Å². The zero-order valence-corrected chi connectivity index (χ0v) is 13.9. The molecule has 0 unspecified atom stereocenters. The van der Waals surface area contributed by atoms with Crippen molar-refractivity contribution in [3.8, 4) is 0 Å². The first kappa shape index (κ1) is 14.6. The predicted molar refractivity (Wildman–Crippen MR) is 88.2 cm³/mol. The van der Waals surface area contributed by atoms with Gasteiger partial charge < -0.3 is 10.2 Å². The molecule has 0 amide bonds. The lowest BCUT2D eigenvalue weighted by Crippen LogP contribution is -2.49. The smallest absolute Gasteiger partial charge is 0.0175 e. The van der Waals surface area contributed by atoms with Crippen LogP contribution < -0.4 is 5.32 Å². The van der Waals surface area contributed by atoms with Crippen molar-refractivity contribution in [2.75, 3.05) is 19.6 Å². The van der Waals surface area contributed by atoms with E-state index in [0.29, 0.717) is 0 Å². The molecule has 1 aliphatic carbocycles. The minimum atomic E-state index is 0.752. The van der Waals surface area contributed by atoms with Crippen LogP contribution in [0.5, 0.6) is 0 Å². The third-order valence-electron chi connectivity index (χ3n) is 4.99. The molecule has 1 saturated heterocycles. The van der Waals surface area contributed by atoms with Crippen molar-refractivity contribution in [3.63, 3.8) is 0 Å². The fourth-order valence-electron chi connectivity index (χ4n) is 3.51. The van der Waals surface area contributed by atoms with Crippen LogP contribution in [-0.4, -0.2) is 36.6 Å². The van der Waals surface area contributed by atoms with Gasteiger partial charge in [0.15, 0.2) is 0 Å². The molecule has 0 bridgehead atoms. The maximum Gasteiger partial charge on any atom is 0.0175 e. The first-order valence-corrected chi connectivity index (χ1v) is 8.77. The van der Waals surface area contributed by atoms with Crippen molar-refractivity contribution in [2.45, 2.75) is 50.6 Å². The Balaban J connectivity index is 1.41. The molecule has 1 saturated carbocycles.